The lowest BCUT2D eigenvalue weighted by atomic mass is 10.0. The van der Waals surface area contributed by atoms with Crippen LogP contribution in [0.2, 0.25) is 0 Å². The Labute approximate surface area is 162 Å². The minimum Gasteiger partial charge on any atom is -0.497 e. The van der Waals surface area contributed by atoms with Gasteiger partial charge in [0.2, 0.25) is 0 Å². The Balaban J connectivity index is 1.44. The first-order chi connectivity index (χ1) is 13.2. The number of methoxy groups -OCH3 is 1. The predicted molar refractivity (Wildman–Crippen MR) is 108 cm³/mol. The Morgan fingerprint density at radius 3 is 3.15 bits per heavy atom. The van der Waals surface area contributed by atoms with Crippen molar-refractivity contribution in [2.24, 2.45) is 0 Å². The summed E-state index contributed by atoms with van der Waals surface area (Å²) in [5.41, 5.74) is 2.54. The number of nitrogens with one attached hydrogen (secondary N) is 1. The Morgan fingerprint density at radius 2 is 2.26 bits per heavy atom. The number of thiophene rings is 1. The van der Waals surface area contributed by atoms with Crippen LogP contribution in [0.4, 0.5) is 0 Å². The molecule has 1 saturated heterocycles. The van der Waals surface area contributed by atoms with Crippen LogP contribution in [0, 0.1) is 0 Å². The minimum atomic E-state index is 0.0338. The number of H-pyrrole nitrogens is 1. The average Bonchev–Trinajstić information content (AvgIpc) is 3.37. The first kappa shape index (κ1) is 17.0. The zero-order valence-electron chi connectivity index (χ0n) is 15.5. The van der Waals surface area contributed by atoms with Gasteiger partial charge in [-0.15, -0.1) is 11.3 Å². The summed E-state index contributed by atoms with van der Waals surface area (Å²) in [6.07, 6.45) is 5.54. The third kappa shape index (κ3) is 2.97. The van der Waals surface area contributed by atoms with Gasteiger partial charge in [0.15, 0.2) is 0 Å². The number of ether oxygens (including phenoxy) is 1. The van der Waals surface area contributed by atoms with E-state index in [1.54, 1.807) is 18.4 Å². The van der Waals surface area contributed by atoms with Gasteiger partial charge in [0.1, 0.15) is 16.4 Å². The Morgan fingerprint density at radius 1 is 1.33 bits per heavy atom. The molecule has 0 amide bonds. The molecule has 0 bridgehead atoms. The van der Waals surface area contributed by atoms with Gasteiger partial charge in [-0.3, -0.25) is 9.69 Å². The number of likely N-dealkylation sites (tertiary alicyclic amines) is 1. The molecule has 1 fully saturated rings. The first-order valence-corrected chi connectivity index (χ1v) is 10.5. The molecule has 2 aliphatic rings. The van der Waals surface area contributed by atoms with Crippen molar-refractivity contribution in [2.75, 3.05) is 13.7 Å². The van der Waals surface area contributed by atoms with E-state index in [0.29, 0.717) is 12.6 Å². The van der Waals surface area contributed by atoms with Gasteiger partial charge in [0.05, 0.1) is 19.0 Å². The van der Waals surface area contributed by atoms with Crippen LogP contribution in [-0.2, 0) is 19.4 Å². The third-order valence-electron chi connectivity index (χ3n) is 5.82. The Hall–Kier alpha value is -2.18. The number of fused-ring (bicyclic) bond motifs is 3. The highest BCUT2D eigenvalue weighted by atomic mass is 32.1. The number of aryl methyl sites for hydroxylation is 2. The second kappa shape index (κ2) is 6.77. The van der Waals surface area contributed by atoms with Crippen LogP contribution < -0.4 is 10.3 Å². The molecule has 3 heterocycles. The number of rotatable bonds is 4. The van der Waals surface area contributed by atoms with Crippen molar-refractivity contribution in [3.05, 3.63) is 56.4 Å². The maximum absolute atomic E-state index is 12.7. The highest BCUT2D eigenvalue weighted by molar-refractivity contribution is 7.18. The normalized spacial score (nSPS) is 19.7. The number of nitrogens with zero attached hydrogens (tertiary/aromatic N) is 2. The summed E-state index contributed by atoms with van der Waals surface area (Å²) in [5.74, 6) is 1.67. The lowest BCUT2D eigenvalue weighted by molar-refractivity contribution is 0.242. The van der Waals surface area contributed by atoms with Gasteiger partial charge in [-0.25, -0.2) is 4.98 Å². The molecule has 1 atom stereocenters. The molecule has 0 spiro atoms. The van der Waals surface area contributed by atoms with Crippen LogP contribution in [0.5, 0.6) is 5.75 Å². The van der Waals surface area contributed by atoms with Gasteiger partial charge in [-0.1, -0.05) is 12.1 Å². The summed E-state index contributed by atoms with van der Waals surface area (Å²) in [7, 11) is 1.70. The van der Waals surface area contributed by atoms with Crippen LogP contribution in [0.1, 0.15) is 47.1 Å². The first-order valence-electron chi connectivity index (χ1n) is 9.64. The average molecular weight is 382 g/mol. The van der Waals surface area contributed by atoms with Crippen molar-refractivity contribution in [3.8, 4) is 5.75 Å². The zero-order chi connectivity index (χ0) is 18.4. The van der Waals surface area contributed by atoms with E-state index in [0.717, 1.165) is 60.4 Å². The number of hydrogen-bond donors (Lipinski definition) is 1. The number of benzene rings is 1. The largest absolute Gasteiger partial charge is 0.497 e. The molecule has 1 aromatic carbocycles. The van der Waals surface area contributed by atoms with Crippen LogP contribution in [0.3, 0.4) is 0 Å². The van der Waals surface area contributed by atoms with E-state index < -0.39 is 0 Å². The summed E-state index contributed by atoms with van der Waals surface area (Å²) in [4.78, 5) is 25.3. The van der Waals surface area contributed by atoms with Gasteiger partial charge in [-0.05, 0) is 61.9 Å². The molecule has 1 N–H and O–H groups in total. The summed E-state index contributed by atoms with van der Waals surface area (Å²) >= 11 is 1.71. The standard InChI is InChI=1S/C21H23N3O2S/c1-26-14-6-2-5-13(11-14)16-8-4-10-24(16)12-18-22-20(25)19-15-7-3-9-17(15)27-21(19)23-18/h2,5-6,11,16H,3-4,7-10,12H2,1H3,(H,22,23,25)/t16-/m1/s1. The zero-order valence-corrected chi connectivity index (χ0v) is 16.3. The van der Waals surface area contributed by atoms with Crippen molar-refractivity contribution in [1.82, 2.24) is 14.9 Å². The maximum Gasteiger partial charge on any atom is 0.259 e. The molecule has 140 valence electrons. The molecule has 27 heavy (non-hydrogen) atoms. The van der Waals surface area contributed by atoms with Gasteiger partial charge in [-0.2, -0.15) is 0 Å². The highest BCUT2D eigenvalue weighted by Crippen LogP contribution is 2.36. The minimum absolute atomic E-state index is 0.0338. The molecule has 0 saturated carbocycles. The molecule has 3 aromatic rings. The fraction of sp³-hybridized carbons (Fsp3) is 0.429. The van der Waals surface area contributed by atoms with Crippen molar-refractivity contribution < 1.29 is 4.74 Å². The van der Waals surface area contributed by atoms with E-state index in [9.17, 15) is 4.79 Å². The van der Waals surface area contributed by atoms with Gasteiger partial charge < -0.3 is 9.72 Å². The quantitative estimate of drug-likeness (QED) is 0.746. The summed E-state index contributed by atoms with van der Waals surface area (Å²) in [5, 5.41) is 0.835. The van der Waals surface area contributed by atoms with E-state index >= 15 is 0 Å². The van der Waals surface area contributed by atoms with E-state index in [1.807, 2.05) is 12.1 Å². The molecule has 0 unspecified atom stereocenters. The second-order valence-electron chi connectivity index (χ2n) is 7.46. The number of hydrogen-bond acceptors (Lipinski definition) is 5. The molecule has 1 aliphatic heterocycles. The molecule has 1 aliphatic carbocycles. The van der Waals surface area contributed by atoms with Crippen LogP contribution in [-0.4, -0.2) is 28.5 Å². The fourth-order valence-electron chi connectivity index (χ4n) is 4.56. The molecule has 5 rings (SSSR count). The lowest BCUT2D eigenvalue weighted by Crippen LogP contribution is -2.25. The smallest absolute Gasteiger partial charge is 0.259 e. The molecule has 5 nitrogen and oxygen atoms in total. The Bertz CT molecular complexity index is 1060. The molecule has 2 aromatic heterocycles. The lowest BCUT2D eigenvalue weighted by Gasteiger charge is -2.24. The summed E-state index contributed by atoms with van der Waals surface area (Å²) < 4.78 is 5.38. The molecule has 6 heteroatoms. The van der Waals surface area contributed by atoms with E-state index in [2.05, 4.69) is 22.0 Å². The monoisotopic (exact) mass is 381 g/mol. The van der Waals surface area contributed by atoms with Crippen LogP contribution >= 0.6 is 11.3 Å². The van der Waals surface area contributed by atoms with Crippen molar-refractivity contribution in [3.63, 3.8) is 0 Å². The van der Waals surface area contributed by atoms with E-state index in [-0.39, 0.29) is 5.56 Å². The predicted octanol–water partition coefficient (Wildman–Crippen LogP) is 3.82. The topological polar surface area (TPSA) is 58.2 Å². The Kier molecular flexibility index (Phi) is 4.25. The second-order valence-corrected chi connectivity index (χ2v) is 8.54. The maximum atomic E-state index is 12.7. The third-order valence-corrected chi connectivity index (χ3v) is 7.00. The van der Waals surface area contributed by atoms with Gasteiger partial charge >= 0.3 is 0 Å². The molecule has 0 radical (unpaired) electrons. The van der Waals surface area contributed by atoms with Crippen LogP contribution in [0.25, 0.3) is 10.2 Å². The van der Waals surface area contributed by atoms with Gasteiger partial charge in [0.25, 0.3) is 5.56 Å². The van der Waals surface area contributed by atoms with Gasteiger partial charge in [0, 0.05) is 10.9 Å². The van der Waals surface area contributed by atoms with Crippen LogP contribution in [0.15, 0.2) is 29.1 Å². The van der Waals surface area contributed by atoms with E-state index in [4.69, 9.17) is 9.72 Å². The summed E-state index contributed by atoms with van der Waals surface area (Å²) in [6, 6.07) is 8.64. The summed E-state index contributed by atoms with van der Waals surface area (Å²) in [6.45, 7) is 1.69. The fourth-order valence-corrected chi connectivity index (χ4v) is 5.84. The number of aromatic nitrogens is 2. The molecular formula is C21H23N3O2S. The highest BCUT2D eigenvalue weighted by Gasteiger charge is 2.28. The SMILES string of the molecule is COc1cccc([C@H]2CCCN2Cc2nc3sc4c(c3c(=O)[nH]2)CCC4)c1. The van der Waals surface area contributed by atoms with E-state index in [1.165, 1.54) is 16.0 Å². The number of aromatic amines is 1. The van der Waals surface area contributed by atoms with Crippen molar-refractivity contribution in [2.45, 2.75) is 44.7 Å². The van der Waals surface area contributed by atoms with Crippen molar-refractivity contribution >= 4 is 21.6 Å². The molecular weight excluding hydrogens is 358 g/mol. The van der Waals surface area contributed by atoms with Crippen molar-refractivity contribution in [1.29, 1.82) is 0 Å².